The third-order valence-corrected chi connectivity index (χ3v) is 6.13. The van der Waals surface area contributed by atoms with Gasteiger partial charge in [-0.1, -0.05) is 17.3 Å². The topological polar surface area (TPSA) is 125 Å². The zero-order valence-electron chi connectivity index (χ0n) is 21.2. The van der Waals surface area contributed by atoms with Crippen LogP contribution in [0.25, 0.3) is 22.8 Å². The van der Waals surface area contributed by atoms with Gasteiger partial charge < -0.3 is 24.6 Å². The van der Waals surface area contributed by atoms with Crippen LogP contribution in [0.3, 0.4) is 0 Å². The van der Waals surface area contributed by atoms with Crippen LogP contribution in [0.2, 0.25) is 0 Å². The SMILES string of the molecule is CC(C)Oc1ccc(-c2nc(-c3ccc4c(c3)CCN(C(=O)CN[C@@H](C)CO)CC4)no2)cc1C#N.Cl. The molecule has 1 amide bonds. The molecule has 10 heteroatoms. The lowest BCUT2D eigenvalue weighted by molar-refractivity contribution is -0.130. The Morgan fingerprint density at radius 3 is 2.59 bits per heavy atom. The summed E-state index contributed by atoms with van der Waals surface area (Å²) in [5.41, 5.74) is 4.25. The maximum Gasteiger partial charge on any atom is 0.258 e. The summed E-state index contributed by atoms with van der Waals surface area (Å²) in [5.74, 6) is 1.35. The number of fused-ring (bicyclic) bond motifs is 1. The zero-order chi connectivity index (χ0) is 25.7. The van der Waals surface area contributed by atoms with Crippen molar-refractivity contribution in [3.05, 3.63) is 53.1 Å². The molecule has 0 bridgehead atoms. The van der Waals surface area contributed by atoms with Gasteiger partial charge in [-0.3, -0.25) is 4.79 Å². The molecule has 0 spiro atoms. The summed E-state index contributed by atoms with van der Waals surface area (Å²) in [7, 11) is 0. The van der Waals surface area contributed by atoms with Gasteiger partial charge in [-0.15, -0.1) is 12.4 Å². The van der Waals surface area contributed by atoms with Gasteiger partial charge in [0.05, 0.1) is 24.8 Å². The minimum absolute atomic E-state index is 0. The molecule has 1 aliphatic heterocycles. The van der Waals surface area contributed by atoms with Gasteiger partial charge in [-0.25, -0.2) is 0 Å². The highest BCUT2D eigenvalue weighted by atomic mass is 35.5. The molecular weight excluding hydrogens is 494 g/mol. The Hall–Kier alpha value is -3.45. The van der Waals surface area contributed by atoms with Gasteiger partial charge in [0.2, 0.25) is 11.7 Å². The molecule has 0 unspecified atom stereocenters. The Labute approximate surface area is 222 Å². The number of nitriles is 1. The first-order valence-electron chi connectivity index (χ1n) is 12.2. The van der Waals surface area contributed by atoms with E-state index in [4.69, 9.17) is 14.4 Å². The number of ether oxygens (including phenoxy) is 1. The summed E-state index contributed by atoms with van der Waals surface area (Å²) < 4.78 is 11.2. The molecular formula is C27H32ClN5O4. The summed E-state index contributed by atoms with van der Waals surface area (Å²) in [6.45, 7) is 7.16. The molecule has 0 fully saturated rings. The second-order valence-corrected chi connectivity index (χ2v) is 9.24. The van der Waals surface area contributed by atoms with Crippen molar-refractivity contribution < 1.29 is 19.2 Å². The average molecular weight is 526 g/mol. The average Bonchev–Trinajstić information content (AvgIpc) is 3.28. The summed E-state index contributed by atoms with van der Waals surface area (Å²) in [6, 6.07) is 13.4. The van der Waals surface area contributed by atoms with Crippen LogP contribution in [-0.4, -0.2) is 64.4 Å². The lowest BCUT2D eigenvalue weighted by Crippen LogP contribution is -2.42. The highest BCUT2D eigenvalue weighted by Gasteiger charge is 2.20. The van der Waals surface area contributed by atoms with Gasteiger partial charge in [-0.2, -0.15) is 10.2 Å². The number of nitrogens with zero attached hydrogens (tertiary/aromatic N) is 4. The van der Waals surface area contributed by atoms with E-state index in [1.165, 1.54) is 5.56 Å². The van der Waals surface area contributed by atoms with E-state index in [1.54, 1.807) is 18.2 Å². The number of carbonyl (C=O) groups excluding carboxylic acids is 1. The van der Waals surface area contributed by atoms with Crippen molar-refractivity contribution in [2.24, 2.45) is 0 Å². The molecule has 2 N–H and O–H groups in total. The van der Waals surface area contributed by atoms with Crippen LogP contribution in [0.15, 0.2) is 40.9 Å². The first-order chi connectivity index (χ1) is 17.4. The molecule has 0 saturated carbocycles. The summed E-state index contributed by atoms with van der Waals surface area (Å²) in [6.07, 6.45) is 1.47. The van der Waals surface area contributed by atoms with Crippen molar-refractivity contribution in [1.29, 1.82) is 5.26 Å². The molecule has 3 aromatic rings. The van der Waals surface area contributed by atoms with Crippen LogP contribution in [0.5, 0.6) is 5.75 Å². The molecule has 0 aliphatic carbocycles. The van der Waals surface area contributed by atoms with E-state index in [0.717, 1.165) is 24.0 Å². The number of carbonyl (C=O) groups is 1. The van der Waals surface area contributed by atoms with Gasteiger partial charge in [0.1, 0.15) is 11.8 Å². The number of rotatable bonds is 8. The Morgan fingerprint density at radius 1 is 1.16 bits per heavy atom. The van der Waals surface area contributed by atoms with Gasteiger partial charge in [0.25, 0.3) is 5.89 Å². The number of aliphatic hydroxyl groups is 1. The zero-order valence-corrected chi connectivity index (χ0v) is 22.0. The van der Waals surface area contributed by atoms with E-state index in [2.05, 4.69) is 33.7 Å². The number of amides is 1. The molecule has 2 aromatic carbocycles. The Bertz CT molecular complexity index is 1270. The first-order valence-corrected chi connectivity index (χ1v) is 12.2. The number of hydrogen-bond acceptors (Lipinski definition) is 8. The summed E-state index contributed by atoms with van der Waals surface area (Å²) in [5, 5.41) is 25.9. The van der Waals surface area contributed by atoms with E-state index >= 15 is 0 Å². The van der Waals surface area contributed by atoms with Crippen molar-refractivity contribution >= 4 is 18.3 Å². The van der Waals surface area contributed by atoms with Crippen LogP contribution in [-0.2, 0) is 17.6 Å². The van der Waals surface area contributed by atoms with Crippen LogP contribution in [0, 0.1) is 11.3 Å². The number of nitrogens with one attached hydrogen (secondary N) is 1. The molecule has 37 heavy (non-hydrogen) atoms. The molecule has 0 saturated heterocycles. The molecule has 1 aliphatic rings. The van der Waals surface area contributed by atoms with Crippen molar-refractivity contribution in [3.63, 3.8) is 0 Å². The van der Waals surface area contributed by atoms with Gasteiger partial charge in [0, 0.05) is 30.3 Å². The third kappa shape index (κ3) is 6.86. The summed E-state index contributed by atoms with van der Waals surface area (Å²) in [4.78, 5) is 19.0. The number of aromatic nitrogens is 2. The third-order valence-electron chi connectivity index (χ3n) is 6.13. The molecule has 2 heterocycles. The van der Waals surface area contributed by atoms with Gasteiger partial charge >= 0.3 is 0 Å². The van der Waals surface area contributed by atoms with E-state index in [-0.39, 0.29) is 43.6 Å². The Kier molecular flexibility index (Phi) is 9.64. The quantitative estimate of drug-likeness (QED) is 0.458. The Morgan fingerprint density at radius 2 is 1.89 bits per heavy atom. The predicted octanol–water partition coefficient (Wildman–Crippen LogP) is 3.38. The van der Waals surface area contributed by atoms with Gasteiger partial charge in [0.15, 0.2) is 0 Å². The van der Waals surface area contributed by atoms with E-state index in [0.29, 0.717) is 41.7 Å². The lowest BCUT2D eigenvalue weighted by atomic mass is 10.00. The highest BCUT2D eigenvalue weighted by Crippen LogP contribution is 2.29. The van der Waals surface area contributed by atoms with Crippen molar-refractivity contribution in [2.45, 2.75) is 45.8 Å². The van der Waals surface area contributed by atoms with Crippen LogP contribution >= 0.6 is 12.4 Å². The van der Waals surface area contributed by atoms with Crippen LogP contribution < -0.4 is 10.1 Å². The van der Waals surface area contributed by atoms with Crippen LogP contribution in [0.4, 0.5) is 0 Å². The van der Waals surface area contributed by atoms with Gasteiger partial charge in [-0.05, 0) is 69.0 Å². The monoisotopic (exact) mass is 525 g/mol. The molecule has 196 valence electrons. The van der Waals surface area contributed by atoms with E-state index in [9.17, 15) is 10.1 Å². The van der Waals surface area contributed by atoms with E-state index < -0.39 is 0 Å². The lowest BCUT2D eigenvalue weighted by Gasteiger charge is -2.21. The molecule has 1 atom stereocenters. The first kappa shape index (κ1) is 28.1. The fraction of sp³-hybridized carbons (Fsp3) is 0.407. The van der Waals surface area contributed by atoms with Crippen molar-refractivity contribution in [3.8, 4) is 34.7 Å². The Balaban J connectivity index is 0.00000380. The maximum atomic E-state index is 12.6. The number of aliphatic hydroxyl groups excluding tert-OH is 1. The smallest absolute Gasteiger partial charge is 0.258 e. The minimum atomic E-state index is -0.113. The summed E-state index contributed by atoms with van der Waals surface area (Å²) >= 11 is 0. The molecule has 9 nitrogen and oxygen atoms in total. The second-order valence-electron chi connectivity index (χ2n) is 9.24. The number of halogens is 1. The molecule has 4 rings (SSSR count). The largest absolute Gasteiger partial charge is 0.490 e. The van der Waals surface area contributed by atoms with Crippen LogP contribution in [0.1, 0.15) is 37.5 Å². The second kappa shape index (κ2) is 12.7. The fourth-order valence-corrected chi connectivity index (χ4v) is 4.12. The molecule has 0 radical (unpaired) electrons. The number of benzene rings is 2. The number of hydrogen-bond donors (Lipinski definition) is 2. The highest BCUT2D eigenvalue weighted by molar-refractivity contribution is 5.85. The predicted molar refractivity (Wildman–Crippen MR) is 141 cm³/mol. The van der Waals surface area contributed by atoms with Crippen molar-refractivity contribution in [2.75, 3.05) is 26.2 Å². The standard InChI is InChI=1S/C27H31N5O4.ClH/c1-17(2)35-24-7-6-22(13-23(24)14-28)27-30-26(31-36-27)21-5-4-19-8-10-32(11-9-20(19)12-21)25(34)15-29-18(3)16-33;/h4-7,12-13,17-18,29,33H,8-11,15-16H2,1-3H3;1H/t18-;/m0./s1. The minimum Gasteiger partial charge on any atom is -0.490 e. The van der Waals surface area contributed by atoms with Crippen molar-refractivity contribution in [1.82, 2.24) is 20.4 Å². The van der Waals surface area contributed by atoms with E-state index in [1.807, 2.05) is 31.7 Å². The maximum absolute atomic E-state index is 12.6. The molecule has 1 aromatic heterocycles. The normalized spacial score (nSPS) is 13.8. The fourth-order valence-electron chi connectivity index (χ4n) is 4.12.